The third kappa shape index (κ3) is 3.68. The Morgan fingerprint density at radius 1 is 1.08 bits per heavy atom. The molecule has 0 unspecified atom stereocenters. The van der Waals surface area contributed by atoms with E-state index in [9.17, 15) is 8.42 Å². The maximum absolute atomic E-state index is 12.3. The Kier molecular flexibility index (Phi) is 4.83. The lowest BCUT2D eigenvalue weighted by molar-refractivity contribution is 0.0312. The van der Waals surface area contributed by atoms with Crippen LogP contribution < -0.4 is 0 Å². The quantitative estimate of drug-likeness (QED) is 0.819. The topological polar surface area (TPSA) is 86.9 Å². The highest BCUT2D eigenvalue weighted by atomic mass is 32.2. The molecule has 0 radical (unpaired) electrons. The van der Waals surface area contributed by atoms with Crippen LogP contribution in [0.4, 0.5) is 0 Å². The molecule has 2 atom stereocenters. The monoisotopic (exact) mass is 377 g/mol. The molecule has 2 aromatic rings. The Hall–Kier alpha value is -1.74. The highest BCUT2D eigenvalue weighted by Gasteiger charge is 2.46. The van der Waals surface area contributed by atoms with Gasteiger partial charge in [-0.15, -0.1) is 0 Å². The average molecular weight is 377 g/mol. The smallest absolute Gasteiger partial charge is 0.153 e. The number of fused-ring (bicyclic) bond motifs is 1. The van der Waals surface area contributed by atoms with Crippen molar-refractivity contribution in [2.24, 2.45) is 0 Å². The number of hydrogen-bond donors (Lipinski definition) is 1. The molecule has 4 heterocycles. The highest BCUT2D eigenvalue weighted by molar-refractivity contribution is 7.91. The van der Waals surface area contributed by atoms with E-state index in [-0.39, 0.29) is 30.2 Å². The van der Waals surface area contributed by atoms with E-state index in [0.29, 0.717) is 18.8 Å². The minimum atomic E-state index is -3.05. The molecule has 140 valence electrons. The fourth-order valence-corrected chi connectivity index (χ4v) is 6.05. The molecule has 2 aliphatic heterocycles. The number of aromatic nitrogens is 1. The minimum absolute atomic E-state index is 0.0127. The van der Waals surface area contributed by atoms with Crippen LogP contribution in [0.3, 0.4) is 0 Å². The van der Waals surface area contributed by atoms with E-state index >= 15 is 0 Å². The Bertz CT molecular complexity index is 852. The van der Waals surface area contributed by atoms with E-state index < -0.39 is 9.84 Å². The van der Waals surface area contributed by atoms with E-state index in [1.807, 2.05) is 24.4 Å². The van der Waals surface area contributed by atoms with Gasteiger partial charge in [-0.05, 0) is 23.8 Å². The first-order valence-corrected chi connectivity index (χ1v) is 10.6. The third-order valence-corrected chi connectivity index (χ3v) is 6.95. The summed E-state index contributed by atoms with van der Waals surface area (Å²) >= 11 is 0. The largest absolute Gasteiger partial charge is 0.462 e. The Morgan fingerprint density at radius 2 is 1.77 bits per heavy atom. The van der Waals surface area contributed by atoms with Gasteiger partial charge in [0.25, 0.3) is 0 Å². The maximum Gasteiger partial charge on any atom is 0.153 e. The van der Waals surface area contributed by atoms with E-state index in [2.05, 4.69) is 14.8 Å². The lowest BCUT2D eigenvalue weighted by Gasteiger charge is -2.43. The fraction of sp³-hybridized carbons (Fsp3) is 0.500. The molecule has 0 aromatic carbocycles. The summed E-state index contributed by atoms with van der Waals surface area (Å²) in [5.74, 6) is 1.69. The van der Waals surface area contributed by atoms with Crippen molar-refractivity contribution < 1.29 is 17.9 Å². The predicted molar refractivity (Wildman–Crippen MR) is 95.9 cm³/mol. The van der Waals surface area contributed by atoms with Gasteiger partial charge >= 0.3 is 0 Å². The molecule has 0 aliphatic carbocycles. The van der Waals surface area contributed by atoms with Gasteiger partial charge in [-0.3, -0.25) is 14.8 Å². The Morgan fingerprint density at radius 3 is 2.38 bits per heavy atom. The van der Waals surface area contributed by atoms with Crippen LogP contribution in [-0.2, 0) is 29.5 Å². The highest BCUT2D eigenvalue weighted by Crippen LogP contribution is 2.29. The SMILES string of the molecule is O=S1(=O)C[C@@H]2[C@H](C1)N(Cc1ccc(CO)o1)CCN2Cc1cccnc1. The number of furan rings is 1. The van der Waals surface area contributed by atoms with Crippen molar-refractivity contribution >= 4 is 9.84 Å². The second-order valence-electron chi connectivity index (χ2n) is 7.04. The van der Waals surface area contributed by atoms with Crippen molar-refractivity contribution in [2.45, 2.75) is 31.8 Å². The van der Waals surface area contributed by atoms with Gasteiger partial charge in [-0.2, -0.15) is 0 Å². The Balaban J connectivity index is 1.51. The number of pyridine rings is 1. The van der Waals surface area contributed by atoms with E-state index in [1.165, 1.54) is 0 Å². The first-order chi connectivity index (χ1) is 12.5. The average Bonchev–Trinajstić information content (AvgIpc) is 3.21. The van der Waals surface area contributed by atoms with Crippen molar-refractivity contribution in [3.8, 4) is 0 Å². The summed E-state index contributed by atoms with van der Waals surface area (Å²) in [5.41, 5.74) is 1.10. The number of hydrogen-bond acceptors (Lipinski definition) is 7. The summed E-state index contributed by atoms with van der Waals surface area (Å²) in [7, 11) is -3.05. The van der Waals surface area contributed by atoms with E-state index in [1.54, 1.807) is 12.3 Å². The van der Waals surface area contributed by atoms with Gasteiger partial charge in [-0.25, -0.2) is 8.42 Å². The van der Waals surface area contributed by atoms with Crippen LogP contribution in [0, 0.1) is 0 Å². The molecule has 2 aromatic heterocycles. The van der Waals surface area contributed by atoms with Gasteiger partial charge in [0.1, 0.15) is 18.1 Å². The van der Waals surface area contributed by atoms with Gasteiger partial charge < -0.3 is 9.52 Å². The van der Waals surface area contributed by atoms with Gasteiger partial charge in [-0.1, -0.05) is 6.07 Å². The minimum Gasteiger partial charge on any atom is -0.462 e. The summed E-state index contributed by atoms with van der Waals surface area (Å²) < 4.78 is 30.2. The lowest BCUT2D eigenvalue weighted by atomic mass is 10.0. The number of nitrogens with zero attached hydrogens (tertiary/aromatic N) is 3. The van der Waals surface area contributed by atoms with Crippen LogP contribution >= 0.6 is 0 Å². The molecule has 4 rings (SSSR count). The molecule has 1 N–H and O–H groups in total. The van der Waals surface area contributed by atoms with Gasteiger partial charge in [0.2, 0.25) is 0 Å². The molecule has 7 nitrogen and oxygen atoms in total. The van der Waals surface area contributed by atoms with Crippen molar-refractivity contribution in [1.29, 1.82) is 0 Å². The summed E-state index contributed by atoms with van der Waals surface area (Å²) in [6.07, 6.45) is 3.58. The number of aliphatic hydroxyl groups excluding tert-OH is 1. The molecule has 0 spiro atoms. The summed E-state index contributed by atoms with van der Waals surface area (Å²) in [5, 5.41) is 9.15. The van der Waals surface area contributed by atoms with Crippen molar-refractivity contribution in [1.82, 2.24) is 14.8 Å². The van der Waals surface area contributed by atoms with Crippen molar-refractivity contribution in [3.63, 3.8) is 0 Å². The zero-order chi connectivity index (χ0) is 18.1. The maximum atomic E-state index is 12.3. The van der Waals surface area contributed by atoms with Crippen molar-refractivity contribution in [2.75, 3.05) is 24.6 Å². The fourth-order valence-electron chi connectivity index (χ4n) is 4.01. The molecule has 2 saturated heterocycles. The summed E-state index contributed by atoms with van der Waals surface area (Å²) in [4.78, 5) is 8.63. The number of piperazine rings is 1. The predicted octanol–water partition coefficient (Wildman–Crippen LogP) is 0.650. The van der Waals surface area contributed by atoms with Crippen LogP contribution in [0.15, 0.2) is 41.1 Å². The normalized spacial score (nSPS) is 26.0. The molecule has 8 heteroatoms. The number of aliphatic hydroxyl groups is 1. The Labute approximate surface area is 153 Å². The van der Waals surface area contributed by atoms with E-state index in [0.717, 1.165) is 24.4 Å². The second kappa shape index (κ2) is 7.11. The molecule has 0 bridgehead atoms. The molecule has 2 aliphatic rings. The first-order valence-electron chi connectivity index (χ1n) is 8.80. The zero-order valence-electron chi connectivity index (χ0n) is 14.5. The van der Waals surface area contributed by atoms with Gasteiger partial charge in [0.05, 0.1) is 18.1 Å². The van der Waals surface area contributed by atoms with Crippen LogP contribution in [0.1, 0.15) is 17.1 Å². The molecular weight excluding hydrogens is 354 g/mol. The third-order valence-electron chi connectivity index (χ3n) is 5.25. The van der Waals surface area contributed by atoms with Crippen LogP contribution in [0.25, 0.3) is 0 Å². The lowest BCUT2D eigenvalue weighted by Crippen LogP contribution is -2.58. The molecule has 2 fully saturated rings. The second-order valence-corrected chi connectivity index (χ2v) is 9.19. The van der Waals surface area contributed by atoms with Crippen LogP contribution in [0.5, 0.6) is 0 Å². The summed E-state index contributed by atoms with van der Waals surface area (Å²) in [6.45, 7) is 2.75. The molecule has 0 amide bonds. The van der Waals surface area contributed by atoms with Gasteiger partial charge in [0.15, 0.2) is 9.84 Å². The molecular formula is C18H23N3O4S. The van der Waals surface area contributed by atoms with Gasteiger partial charge in [0, 0.05) is 44.1 Å². The number of sulfone groups is 1. The summed E-state index contributed by atoms with van der Waals surface area (Å²) in [6, 6.07) is 7.50. The molecule has 26 heavy (non-hydrogen) atoms. The van der Waals surface area contributed by atoms with Crippen LogP contribution in [0.2, 0.25) is 0 Å². The number of rotatable bonds is 5. The molecule has 0 saturated carbocycles. The standard InChI is InChI=1S/C18H23N3O4S/c22-11-16-4-3-15(25-16)10-21-7-6-20(9-14-2-1-5-19-8-14)17-12-26(23,24)13-18(17)21/h1-5,8,17-18,22H,6-7,9-13H2/t17-,18+/m1/s1. The van der Waals surface area contributed by atoms with E-state index in [4.69, 9.17) is 9.52 Å². The first kappa shape index (κ1) is 17.7. The van der Waals surface area contributed by atoms with Crippen LogP contribution in [-0.4, -0.2) is 65.0 Å². The zero-order valence-corrected chi connectivity index (χ0v) is 15.3. The van der Waals surface area contributed by atoms with Crippen molar-refractivity contribution in [3.05, 3.63) is 53.7 Å².